The molecule has 0 aliphatic heterocycles. The van der Waals surface area contributed by atoms with Gasteiger partial charge in [-0.15, -0.1) is 0 Å². The number of aromatic nitrogens is 1. The second-order valence-electron chi connectivity index (χ2n) is 6.06. The van der Waals surface area contributed by atoms with Crippen molar-refractivity contribution in [1.29, 1.82) is 0 Å². The van der Waals surface area contributed by atoms with Crippen molar-refractivity contribution >= 4 is 22.5 Å². The van der Waals surface area contributed by atoms with Crippen molar-refractivity contribution < 1.29 is 23.7 Å². The average molecular weight is 382 g/mol. The van der Waals surface area contributed by atoms with Gasteiger partial charge in [0.2, 0.25) is 5.75 Å². The molecule has 2 aromatic carbocycles. The lowest BCUT2D eigenvalue weighted by Crippen LogP contribution is -2.13. The number of anilines is 1. The lowest BCUT2D eigenvalue weighted by atomic mass is 10.1. The van der Waals surface area contributed by atoms with E-state index in [1.54, 1.807) is 19.2 Å². The number of aryl methyl sites for hydroxylation is 1. The lowest BCUT2D eigenvalue weighted by Gasteiger charge is -2.15. The van der Waals surface area contributed by atoms with Gasteiger partial charge < -0.3 is 24.3 Å². The fourth-order valence-electron chi connectivity index (χ4n) is 2.97. The summed E-state index contributed by atoms with van der Waals surface area (Å²) in [5.41, 5.74) is 2.57. The molecule has 0 spiro atoms. The Labute approximate surface area is 163 Å². The van der Waals surface area contributed by atoms with Crippen LogP contribution in [0.3, 0.4) is 0 Å². The molecule has 0 radical (unpaired) electrons. The van der Waals surface area contributed by atoms with E-state index in [0.717, 1.165) is 16.6 Å². The maximum Gasteiger partial charge on any atom is 0.255 e. The van der Waals surface area contributed by atoms with Crippen LogP contribution in [0, 0.1) is 6.92 Å². The molecule has 146 valence electrons. The molecular formula is C21H22N2O5. The van der Waals surface area contributed by atoms with Gasteiger partial charge >= 0.3 is 0 Å². The highest BCUT2D eigenvalue weighted by molar-refractivity contribution is 6.09. The summed E-state index contributed by atoms with van der Waals surface area (Å²) in [7, 11) is 6.12. The van der Waals surface area contributed by atoms with E-state index in [2.05, 4.69) is 10.3 Å². The van der Waals surface area contributed by atoms with E-state index in [9.17, 15) is 4.79 Å². The van der Waals surface area contributed by atoms with Crippen molar-refractivity contribution in [3.05, 3.63) is 47.7 Å². The van der Waals surface area contributed by atoms with E-state index < -0.39 is 0 Å². The van der Waals surface area contributed by atoms with Gasteiger partial charge in [-0.3, -0.25) is 9.78 Å². The number of pyridine rings is 1. The largest absolute Gasteiger partial charge is 0.497 e. The Hall–Kier alpha value is -3.48. The number of hydrogen-bond acceptors (Lipinski definition) is 6. The van der Waals surface area contributed by atoms with Crippen LogP contribution in [0.4, 0.5) is 5.69 Å². The van der Waals surface area contributed by atoms with Crippen molar-refractivity contribution in [3.63, 3.8) is 0 Å². The van der Waals surface area contributed by atoms with E-state index in [0.29, 0.717) is 34.2 Å². The van der Waals surface area contributed by atoms with Crippen LogP contribution in [0.2, 0.25) is 0 Å². The Morgan fingerprint density at radius 1 is 0.893 bits per heavy atom. The van der Waals surface area contributed by atoms with Gasteiger partial charge in [0.15, 0.2) is 11.5 Å². The third kappa shape index (κ3) is 3.64. The summed E-state index contributed by atoms with van der Waals surface area (Å²) in [6, 6.07) is 10.6. The fraction of sp³-hybridized carbons (Fsp3) is 0.238. The van der Waals surface area contributed by atoms with Crippen LogP contribution in [0.25, 0.3) is 10.9 Å². The van der Waals surface area contributed by atoms with Crippen molar-refractivity contribution in [3.8, 4) is 23.0 Å². The number of amides is 1. The predicted octanol–water partition coefficient (Wildman–Crippen LogP) is 3.83. The molecule has 0 unspecified atom stereocenters. The summed E-state index contributed by atoms with van der Waals surface area (Å²) < 4.78 is 21.3. The van der Waals surface area contributed by atoms with Crippen LogP contribution in [0.5, 0.6) is 23.0 Å². The Bertz CT molecular complexity index is 1010. The second kappa shape index (κ2) is 8.04. The zero-order valence-electron chi connectivity index (χ0n) is 16.5. The maximum atomic E-state index is 12.9. The zero-order chi connectivity index (χ0) is 20.3. The molecule has 1 amide bonds. The van der Waals surface area contributed by atoms with E-state index in [4.69, 9.17) is 18.9 Å². The Morgan fingerprint density at radius 3 is 2.14 bits per heavy atom. The summed E-state index contributed by atoms with van der Waals surface area (Å²) in [6.45, 7) is 1.87. The minimum Gasteiger partial charge on any atom is -0.497 e. The van der Waals surface area contributed by atoms with Crippen LogP contribution < -0.4 is 24.3 Å². The molecule has 7 heteroatoms. The van der Waals surface area contributed by atoms with Crippen molar-refractivity contribution in [2.45, 2.75) is 6.92 Å². The van der Waals surface area contributed by atoms with Gasteiger partial charge in [-0.25, -0.2) is 0 Å². The molecular weight excluding hydrogens is 360 g/mol. The molecule has 7 nitrogen and oxygen atoms in total. The Morgan fingerprint density at radius 2 is 1.57 bits per heavy atom. The Kier molecular flexibility index (Phi) is 5.54. The average Bonchev–Trinajstić information content (AvgIpc) is 2.72. The number of nitrogens with zero attached hydrogens (tertiary/aromatic N) is 1. The summed E-state index contributed by atoms with van der Waals surface area (Å²) in [6.07, 6.45) is 0. The van der Waals surface area contributed by atoms with Crippen LogP contribution >= 0.6 is 0 Å². The highest BCUT2D eigenvalue weighted by atomic mass is 16.5. The number of carbonyl (C=O) groups is 1. The first-order chi connectivity index (χ1) is 13.5. The first-order valence-electron chi connectivity index (χ1n) is 8.57. The number of carbonyl (C=O) groups excluding carboxylic acids is 1. The summed E-state index contributed by atoms with van der Waals surface area (Å²) in [5.74, 6) is 1.61. The molecule has 0 bridgehead atoms. The summed E-state index contributed by atoms with van der Waals surface area (Å²) >= 11 is 0. The summed E-state index contributed by atoms with van der Waals surface area (Å²) in [4.78, 5) is 17.5. The SMILES string of the molecule is COc1ccc2nc(C)cc(NC(=O)c3cc(OC)c(OC)c(OC)c3)c2c1. The van der Waals surface area contributed by atoms with Crippen LogP contribution in [0.1, 0.15) is 16.1 Å². The third-order valence-corrected chi connectivity index (χ3v) is 4.32. The quantitative estimate of drug-likeness (QED) is 0.698. The number of ether oxygens (including phenoxy) is 4. The molecule has 0 atom stereocenters. The lowest BCUT2D eigenvalue weighted by molar-refractivity contribution is 0.102. The maximum absolute atomic E-state index is 12.9. The molecule has 0 fully saturated rings. The minimum absolute atomic E-state index is 0.311. The van der Waals surface area contributed by atoms with Gasteiger partial charge in [-0.1, -0.05) is 0 Å². The van der Waals surface area contributed by atoms with Gasteiger partial charge in [-0.05, 0) is 43.3 Å². The van der Waals surface area contributed by atoms with E-state index in [1.165, 1.54) is 21.3 Å². The molecule has 0 saturated heterocycles. The molecule has 1 N–H and O–H groups in total. The Balaban J connectivity index is 2.04. The first kappa shape index (κ1) is 19.3. The number of fused-ring (bicyclic) bond motifs is 1. The predicted molar refractivity (Wildman–Crippen MR) is 107 cm³/mol. The van der Waals surface area contributed by atoms with E-state index in [-0.39, 0.29) is 5.91 Å². The number of methoxy groups -OCH3 is 4. The van der Waals surface area contributed by atoms with Crippen LogP contribution in [-0.4, -0.2) is 39.3 Å². The topological polar surface area (TPSA) is 78.9 Å². The smallest absolute Gasteiger partial charge is 0.255 e. The normalized spacial score (nSPS) is 10.5. The molecule has 0 aliphatic carbocycles. The highest BCUT2D eigenvalue weighted by Gasteiger charge is 2.18. The minimum atomic E-state index is -0.311. The van der Waals surface area contributed by atoms with Gasteiger partial charge in [0.25, 0.3) is 5.91 Å². The van der Waals surface area contributed by atoms with Gasteiger partial charge in [-0.2, -0.15) is 0 Å². The van der Waals surface area contributed by atoms with Gasteiger partial charge in [0.1, 0.15) is 5.75 Å². The first-order valence-corrected chi connectivity index (χ1v) is 8.57. The highest BCUT2D eigenvalue weighted by Crippen LogP contribution is 2.38. The molecule has 3 aromatic rings. The number of rotatable bonds is 6. The number of hydrogen-bond donors (Lipinski definition) is 1. The molecule has 1 heterocycles. The standard InChI is InChI=1S/C21H22N2O5/c1-12-8-17(15-11-14(25-2)6-7-16(15)22-12)23-21(24)13-9-18(26-3)20(28-5)19(10-13)27-4/h6-11H,1-5H3,(H,22,23,24). The number of benzene rings is 2. The van der Waals surface area contributed by atoms with Crippen molar-refractivity contribution in [2.24, 2.45) is 0 Å². The number of nitrogens with one attached hydrogen (secondary N) is 1. The molecule has 1 aromatic heterocycles. The third-order valence-electron chi connectivity index (χ3n) is 4.32. The second-order valence-corrected chi connectivity index (χ2v) is 6.06. The molecule has 0 aliphatic rings. The van der Waals surface area contributed by atoms with Crippen LogP contribution in [0.15, 0.2) is 36.4 Å². The molecule has 0 saturated carbocycles. The van der Waals surface area contributed by atoms with Gasteiger partial charge in [0.05, 0.1) is 39.6 Å². The summed E-state index contributed by atoms with van der Waals surface area (Å²) in [5, 5.41) is 3.73. The van der Waals surface area contributed by atoms with E-state index >= 15 is 0 Å². The van der Waals surface area contributed by atoms with Crippen molar-refractivity contribution in [1.82, 2.24) is 4.98 Å². The monoisotopic (exact) mass is 382 g/mol. The molecule has 3 rings (SSSR count). The fourth-order valence-corrected chi connectivity index (χ4v) is 2.97. The van der Waals surface area contributed by atoms with Crippen molar-refractivity contribution in [2.75, 3.05) is 33.8 Å². The zero-order valence-corrected chi connectivity index (χ0v) is 16.5. The van der Waals surface area contributed by atoms with Gasteiger partial charge in [0, 0.05) is 16.6 Å². The van der Waals surface area contributed by atoms with Crippen LogP contribution in [-0.2, 0) is 0 Å². The molecule has 28 heavy (non-hydrogen) atoms. The van der Waals surface area contributed by atoms with E-state index in [1.807, 2.05) is 31.2 Å².